The van der Waals surface area contributed by atoms with Crippen molar-refractivity contribution < 1.29 is 15.0 Å². The van der Waals surface area contributed by atoms with Gasteiger partial charge in [-0.25, -0.2) is 0 Å². The summed E-state index contributed by atoms with van der Waals surface area (Å²) in [4.78, 5) is 11.9. The molecule has 3 rings (SSSR count). The molecule has 0 spiro atoms. The van der Waals surface area contributed by atoms with Crippen LogP contribution in [0.4, 0.5) is 0 Å². The molecule has 2 N–H and O–H groups in total. The predicted octanol–water partition coefficient (Wildman–Crippen LogP) is 3.15. The zero-order chi connectivity index (χ0) is 13.5. The molecule has 100 valence electrons. The summed E-state index contributed by atoms with van der Waals surface area (Å²) in [7, 11) is 0. The van der Waals surface area contributed by atoms with Crippen molar-refractivity contribution in [1.29, 1.82) is 0 Å². The first-order valence-electron chi connectivity index (χ1n) is 6.88. The molecule has 0 aliphatic heterocycles. The Bertz CT molecular complexity index is 539. The van der Waals surface area contributed by atoms with Crippen molar-refractivity contribution in [2.45, 2.75) is 38.2 Å². The molecule has 1 aromatic rings. The van der Waals surface area contributed by atoms with Gasteiger partial charge in [-0.1, -0.05) is 43.5 Å². The molecule has 1 saturated carbocycles. The number of fused-ring (bicyclic) bond motifs is 1. The molecule has 2 aliphatic carbocycles. The Balaban J connectivity index is 2.10. The highest BCUT2D eigenvalue weighted by atomic mass is 16.4. The van der Waals surface area contributed by atoms with Crippen molar-refractivity contribution in [1.82, 2.24) is 0 Å². The molecule has 0 heterocycles. The first-order chi connectivity index (χ1) is 9.15. The zero-order valence-corrected chi connectivity index (χ0v) is 10.8. The Morgan fingerprint density at radius 1 is 1.16 bits per heavy atom. The van der Waals surface area contributed by atoms with Crippen molar-refractivity contribution in [2.75, 3.05) is 0 Å². The van der Waals surface area contributed by atoms with Crippen LogP contribution in [0.2, 0.25) is 0 Å². The van der Waals surface area contributed by atoms with Crippen LogP contribution in [0.15, 0.2) is 30.3 Å². The van der Waals surface area contributed by atoms with Crippen LogP contribution in [0.1, 0.15) is 49.3 Å². The summed E-state index contributed by atoms with van der Waals surface area (Å²) >= 11 is 0. The van der Waals surface area contributed by atoms with E-state index < -0.39 is 17.5 Å². The van der Waals surface area contributed by atoms with Crippen LogP contribution >= 0.6 is 0 Å². The number of carboxylic acids is 1. The maximum Gasteiger partial charge on any atom is 0.314 e. The number of aliphatic hydroxyl groups is 1. The van der Waals surface area contributed by atoms with Gasteiger partial charge in [0.1, 0.15) is 0 Å². The van der Waals surface area contributed by atoms with Gasteiger partial charge in [0, 0.05) is 0 Å². The first-order valence-corrected chi connectivity index (χ1v) is 6.88. The van der Waals surface area contributed by atoms with E-state index >= 15 is 0 Å². The van der Waals surface area contributed by atoms with Crippen LogP contribution in [0.5, 0.6) is 0 Å². The molecule has 19 heavy (non-hydrogen) atoms. The van der Waals surface area contributed by atoms with Gasteiger partial charge in [-0.05, 0) is 35.6 Å². The predicted molar refractivity (Wildman–Crippen MR) is 72.5 cm³/mol. The van der Waals surface area contributed by atoms with Gasteiger partial charge in [0.05, 0.1) is 11.5 Å². The third-order valence-electron chi connectivity index (χ3n) is 4.53. The maximum atomic E-state index is 11.9. The van der Waals surface area contributed by atoms with Crippen molar-refractivity contribution in [3.63, 3.8) is 0 Å². The van der Waals surface area contributed by atoms with Gasteiger partial charge in [-0.2, -0.15) is 0 Å². The lowest BCUT2D eigenvalue weighted by molar-refractivity contribution is -0.146. The van der Waals surface area contributed by atoms with Crippen molar-refractivity contribution in [2.24, 2.45) is 5.41 Å². The van der Waals surface area contributed by atoms with E-state index in [4.69, 9.17) is 0 Å². The van der Waals surface area contributed by atoms with Crippen LogP contribution in [-0.2, 0) is 4.79 Å². The minimum absolute atomic E-state index is 0.663. The molecule has 2 aliphatic rings. The van der Waals surface area contributed by atoms with Gasteiger partial charge in [0.15, 0.2) is 0 Å². The molecule has 3 nitrogen and oxygen atoms in total. The van der Waals surface area contributed by atoms with Crippen molar-refractivity contribution in [3.05, 3.63) is 41.5 Å². The van der Waals surface area contributed by atoms with Gasteiger partial charge in [-0.15, -0.1) is 0 Å². The molecule has 1 fully saturated rings. The standard InChI is InChI=1S/C16H18O3/c17-14-10-13(11-6-2-3-7-12(11)14)16(15(18)19)8-4-1-5-9-16/h2-3,6-7,10,14,17H,1,4-5,8-9H2,(H,18,19). The van der Waals surface area contributed by atoms with Crippen molar-refractivity contribution in [3.8, 4) is 0 Å². The van der Waals surface area contributed by atoms with Gasteiger partial charge >= 0.3 is 5.97 Å². The van der Waals surface area contributed by atoms with Crippen LogP contribution in [-0.4, -0.2) is 16.2 Å². The Kier molecular flexibility index (Phi) is 2.94. The molecule has 0 amide bonds. The number of benzene rings is 1. The average Bonchev–Trinajstić information content (AvgIpc) is 2.78. The Hall–Kier alpha value is -1.61. The molecule has 0 aromatic heterocycles. The second kappa shape index (κ2) is 4.49. The number of carbonyl (C=O) groups is 1. The van der Waals surface area contributed by atoms with Crippen LogP contribution in [0.25, 0.3) is 5.57 Å². The minimum Gasteiger partial charge on any atom is -0.481 e. The lowest BCUT2D eigenvalue weighted by Gasteiger charge is -2.35. The minimum atomic E-state index is -0.800. The van der Waals surface area contributed by atoms with Gasteiger partial charge in [0.25, 0.3) is 0 Å². The summed E-state index contributed by atoms with van der Waals surface area (Å²) in [6.07, 6.45) is 5.43. The molecule has 3 heteroatoms. The maximum absolute atomic E-state index is 11.9. The molecular formula is C16H18O3. The third-order valence-corrected chi connectivity index (χ3v) is 4.53. The second-order valence-corrected chi connectivity index (χ2v) is 5.56. The Labute approximate surface area is 112 Å². The Morgan fingerprint density at radius 2 is 1.84 bits per heavy atom. The Morgan fingerprint density at radius 3 is 2.53 bits per heavy atom. The number of hydrogen-bond donors (Lipinski definition) is 2. The first kappa shape index (κ1) is 12.4. The molecule has 1 aromatic carbocycles. The fourth-order valence-corrected chi connectivity index (χ4v) is 3.51. The zero-order valence-electron chi connectivity index (χ0n) is 10.8. The number of aliphatic carboxylic acids is 1. The molecule has 0 saturated heterocycles. The summed E-state index contributed by atoms with van der Waals surface area (Å²) in [5.74, 6) is -0.748. The van der Waals surface area contributed by atoms with E-state index in [9.17, 15) is 15.0 Å². The summed E-state index contributed by atoms with van der Waals surface area (Å²) in [5, 5.41) is 19.8. The highest BCUT2D eigenvalue weighted by molar-refractivity contribution is 5.94. The second-order valence-electron chi connectivity index (χ2n) is 5.56. The fourth-order valence-electron chi connectivity index (χ4n) is 3.51. The quantitative estimate of drug-likeness (QED) is 0.856. The molecular weight excluding hydrogens is 240 g/mol. The van der Waals surface area contributed by atoms with Crippen LogP contribution < -0.4 is 0 Å². The van der Waals surface area contributed by atoms with E-state index in [1.165, 1.54) is 0 Å². The fraction of sp³-hybridized carbons (Fsp3) is 0.438. The third kappa shape index (κ3) is 1.80. The lowest BCUT2D eigenvalue weighted by Crippen LogP contribution is -2.34. The summed E-state index contributed by atoms with van der Waals surface area (Å²) in [6, 6.07) is 7.59. The van der Waals surface area contributed by atoms with E-state index in [1.54, 1.807) is 6.08 Å². The SMILES string of the molecule is O=C(O)C1(C2=CC(O)c3ccccc32)CCCCC1. The molecule has 1 unspecified atom stereocenters. The largest absolute Gasteiger partial charge is 0.481 e. The van der Waals surface area contributed by atoms with Crippen LogP contribution in [0, 0.1) is 5.41 Å². The van der Waals surface area contributed by atoms with E-state index in [-0.39, 0.29) is 0 Å². The average molecular weight is 258 g/mol. The number of aliphatic hydroxyl groups excluding tert-OH is 1. The van der Waals surface area contributed by atoms with Crippen molar-refractivity contribution >= 4 is 11.5 Å². The molecule has 0 radical (unpaired) electrons. The summed E-state index contributed by atoms with van der Waals surface area (Å²) < 4.78 is 0. The van der Waals surface area contributed by atoms with E-state index in [0.717, 1.165) is 36.0 Å². The molecule has 1 atom stereocenters. The summed E-state index contributed by atoms with van der Waals surface area (Å²) in [5.41, 5.74) is 1.78. The normalized spacial score (nSPS) is 24.7. The van der Waals surface area contributed by atoms with Crippen LogP contribution in [0.3, 0.4) is 0 Å². The summed E-state index contributed by atoms with van der Waals surface area (Å²) in [6.45, 7) is 0. The van der Waals surface area contributed by atoms with Gasteiger partial charge < -0.3 is 10.2 Å². The van der Waals surface area contributed by atoms with E-state index in [1.807, 2.05) is 24.3 Å². The molecule has 0 bridgehead atoms. The topological polar surface area (TPSA) is 57.5 Å². The van der Waals surface area contributed by atoms with E-state index in [2.05, 4.69) is 0 Å². The highest BCUT2D eigenvalue weighted by Gasteiger charge is 2.45. The van der Waals surface area contributed by atoms with E-state index in [0.29, 0.717) is 12.8 Å². The number of rotatable bonds is 2. The number of hydrogen-bond acceptors (Lipinski definition) is 2. The lowest BCUT2D eigenvalue weighted by atomic mass is 9.67. The smallest absolute Gasteiger partial charge is 0.314 e. The monoisotopic (exact) mass is 258 g/mol. The van der Waals surface area contributed by atoms with Gasteiger partial charge in [-0.3, -0.25) is 4.79 Å². The van der Waals surface area contributed by atoms with Gasteiger partial charge in [0.2, 0.25) is 0 Å². The highest BCUT2D eigenvalue weighted by Crippen LogP contribution is 2.51. The number of carboxylic acid groups (broad SMARTS) is 1.